The van der Waals surface area contributed by atoms with Crippen LogP contribution in [0.1, 0.15) is 44.6 Å². The van der Waals surface area contributed by atoms with Gasteiger partial charge in [-0.05, 0) is 31.9 Å². The van der Waals surface area contributed by atoms with E-state index in [1.807, 2.05) is 0 Å². The van der Waals surface area contributed by atoms with Crippen LogP contribution in [0.4, 0.5) is 0 Å². The monoisotopic (exact) mass is 287 g/mol. The van der Waals surface area contributed by atoms with E-state index in [2.05, 4.69) is 12.2 Å². The quantitative estimate of drug-likeness (QED) is 0.857. The molecule has 1 fully saturated rings. The molecule has 1 saturated carbocycles. The molecule has 0 aromatic heterocycles. The van der Waals surface area contributed by atoms with Crippen LogP contribution in [0.25, 0.3) is 0 Å². The topological polar surface area (TPSA) is 32.3 Å². The molecule has 18 heavy (non-hydrogen) atoms. The van der Waals surface area contributed by atoms with E-state index in [0.717, 1.165) is 5.56 Å². The summed E-state index contributed by atoms with van der Waals surface area (Å²) in [6.07, 6.45) is 6.23. The lowest BCUT2D eigenvalue weighted by Gasteiger charge is -2.35. The second kappa shape index (κ2) is 5.68. The van der Waals surface area contributed by atoms with Gasteiger partial charge in [0.05, 0.1) is 5.02 Å². The molecule has 0 heterocycles. The molecule has 2 nitrogen and oxygen atoms in total. The Bertz CT molecular complexity index is 428. The van der Waals surface area contributed by atoms with Crippen molar-refractivity contribution in [3.8, 4) is 5.75 Å². The van der Waals surface area contributed by atoms with Crippen LogP contribution in [0.15, 0.2) is 12.1 Å². The minimum absolute atomic E-state index is 0.132. The molecule has 0 radical (unpaired) electrons. The van der Waals surface area contributed by atoms with Crippen molar-refractivity contribution >= 4 is 23.2 Å². The fourth-order valence-corrected chi connectivity index (χ4v) is 3.11. The van der Waals surface area contributed by atoms with Crippen LogP contribution in [-0.2, 0) is 6.54 Å². The van der Waals surface area contributed by atoms with Gasteiger partial charge in [-0.25, -0.2) is 0 Å². The number of hydrogen-bond acceptors (Lipinski definition) is 2. The van der Waals surface area contributed by atoms with Gasteiger partial charge in [-0.1, -0.05) is 42.5 Å². The van der Waals surface area contributed by atoms with Crippen molar-refractivity contribution in [1.29, 1.82) is 0 Å². The van der Waals surface area contributed by atoms with E-state index in [1.165, 1.54) is 32.1 Å². The van der Waals surface area contributed by atoms with Crippen molar-refractivity contribution in [1.82, 2.24) is 5.32 Å². The van der Waals surface area contributed by atoms with Gasteiger partial charge in [0.2, 0.25) is 0 Å². The van der Waals surface area contributed by atoms with Gasteiger partial charge < -0.3 is 10.4 Å². The lowest BCUT2D eigenvalue weighted by molar-refractivity contribution is 0.251. The van der Waals surface area contributed by atoms with Gasteiger partial charge in [0, 0.05) is 22.7 Å². The molecular weight excluding hydrogens is 269 g/mol. The molecule has 1 aliphatic rings. The van der Waals surface area contributed by atoms with E-state index in [-0.39, 0.29) is 11.3 Å². The average Bonchev–Trinajstić information content (AvgIpc) is 2.33. The smallest absolute Gasteiger partial charge is 0.138 e. The van der Waals surface area contributed by atoms with Crippen LogP contribution < -0.4 is 5.32 Å². The van der Waals surface area contributed by atoms with Gasteiger partial charge in [-0.3, -0.25) is 0 Å². The summed E-state index contributed by atoms with van der Waals surface area (Å²) in [5.41, 5.74) is 0.929. The maximum Gasteiger partial charge on any atom is 0.138 e. The summed E-state index contributed by atoms with van der Waals surface area (Å²) in [4.78, 5) is 0. The first-order valence-electron chi connectivity index (χ1n) is 6.42. The molecule has 0 bridgehead atoms. The second-order valence-electron chi connectivity index (χ2n) is 5.37. The van der Waals surface area contributed by atoms with Gasteiger partial charge in [-0.2, -0.15) is 0 Å². The van der Waals surface area contributed by atoms with Crippen LogP contribution in [-0.4, -0.2) is 10.6 Å². The summed E-state index contributed by atoms with van der Waals surface area (Å²) in [5, 5.41) is 14.3. The fraction of sp³-hybridized carbons (Fsp3) is 0.571. The third-order valence-electron chi connectivity index (χ3n) is 3.77. The van der Waals surface area contributed by atoms with Crippen molar-refractivity contribution < 1.29 is 5.11 Å². The number of hydrogen-bond donors (Lipinski definition) is 2. The van der Waals surface area contributed by atoms with Crippen molar-refractivity contribution in [3.05, 3.63) is 27.7 Å². The van der Waals surface area contributed by atoms with Crippen molar-refractivity contribution in [2.75, 3.05) is 0 Å². The fourth-order valence-electron chi connectivity index (χ4n) is 2.57. The highest BCUT2D eigenvalue weighted by Crippen LogP contribution is 2.33. The Balaban J connectivity index is 2.05. The van der Waals surface area contributed by atoms with E-state index < -0.39 is 0 Å². The highest BCUT2D eigenvalue weighted by Gasteiger charge is 2.26. The Morgan fingerprint density at radius 2 is 1.89 bits per heavy atom. The maximum atomic E-state index is 9.90. The minimum atomic E-state index is 0.132. The predicted octanol–water partition coefficient (Wildman–Crippen LogP) is 4.51. The Morgan fingerprint density at radius 3 is 2.56 bits per heavy atom. The Morgan fingerprint density at radius 1 is 1.22 bits per heavy atom. The van der Waals surface area contributed by atoms with Gasteiger partial charge in [0.15, 0.2) is 0 Å². The number of phenolic OH excluding ortho intramolecular Hbond substituents is 1. The highest BCUT2D eigenvalue weighted by molar-refractivity contribution is 6.35. The molecular formula is C14H19Cl2NO. The van der Waals surface area contributed by atoms with Gasteiger partial charge in [0.25, 0.3) is 0 Å². The minimum Gasteiger partial charge on any atom is -0.506 e. The summed E-state index contributed by atoms with van der Waals surface area (Å²) in [6, 6.07) is 3.33. The van der Waals surface area contributed by atoms with E-state index >= 15 is 0 Å². The summed E-state index contributed by atoms with van der Waals surface area (Å²) < 4.78 is 0. The van der Waals surface area contributed by atoms with E-state index in [4.69, 9.17) is 23.2 Å². The predicted molar refractivity (Wildman–Crippen MR) is 76.5 cm³/mol. The molecule has 1 aromatic rings. The van der Waals surface area contributed by atoms with E-state index in [0.29, 0.717) is 16.6 Å². The Kier molecular flexibility index (Phi) is 4.41. The molecule has 0 amide bonds. The Hall–Kier alpha value is -0.440. The van der Waals surface area contributed by atoms with Gasteiger partial charge in [0.1, 0.15) is 5.75 Å². The van der Waals surface area contributed by atoms with E-state index in [1.54, 1.807) is 12.1 Å². The first-order chi connectivity index (χ1) is 8.50. The highest BCUT2D eigenvalue weighted by atomic mass is 35.5. The summed E-state index contributed by atoms with van der Waals surface area (Å²) >= 11 is 11.9. The SMILES string of the molecule is CC1(NCc2cc(Cl)cc(Cl)c2O)CCCCC1. The van der Waals surface area contributed by atoms with Crippen LogP contribution >= 0.6 is 23.2 Å². The maximum absolute atomic E-state index is 9.90. The first-order valence-corrected chi connectivity index (χ1v) is 7.18. The molecule has 0 atom stereocenters. The molecule has 100 valence electrons. The number of phenols is 1. The molecule has 0 aliphatic heterocycles. The van der Waals surface area contributed by atoms with Crippen LogP contribution in [0.3, 0.4) is 0 Å². The van der Waals surface area contributed by atoms with E-state index in [9.17, 15) is 5.11 Å². The molecule has 2 N–H and O–H groups in total. The zero-order chi connectivity index (χ0) is 13.2. The summed E-state index contributed by atoms with van der Waals surface area (Å²) in [6.45, 7) is 2.85. The van der Waals surface area contributed by atoms with Crippen LogP contribution in [0.5, 0.6) is 5.75 Å². The lowest BCUT2D eigenvalue weighted by atomic mass is 9.83. The number of halogens is 2. The normalized spacial score (nSPS) is 18.8. The summed E-state index contributed by atoms with van der Waals surface area (Å²) in [5.74, 6) is 0.132. The second-order valence-corrected chi connectivity index (χ2v) is 6.21. The number of rotatable bonds is 3. The molecule has 2 rings (SSSR count). The van der Waals surface area contributed by atoms with Gasteiger partial charge in [-0.15, -0.1) is 0 Å². The van der Waals surface area contributed by atoms with Crippen molar-refractivity contribution in [2.24, 2.45) is 0 Å². The molecule has 4 heteroatoms. The van der Waals surface area contributed by atoms with Crippen LogP contribution in [0.2, 0.25) is 10.0 Å². The molecule has 1 aliphatic carbocycles. The first kappa shape index (κ1) is 14.0. The molecule has 1 aromatic carbocycles. The van der Waals surface area contributed by atoms with Crippen molar-refractivity contribution in [3.63, 3.8) is 0 Å². The van der Waals surface area contributed by atoms with Crippen LogP contribution in [0, 0.1) is 0 Å². The largest absolute Gasteiger partial charge is 0.506 e. The molecule has 0 unspecified atom stereocenters. The standard InChI is InChI=1S/C14H19Cl2NO/c1-14(5-3-2-4-6-14)17-9-10-7-11(15)8-12(16)13(10)18/h7-8,17-18H,2-6,9H2,1H3. The third-order valence-corrected chi connectivity index (χ3v) is 4.28. The van der Waals surface area contributed by atoms with Crippen molar-refractivity contribution in [2.45, 2.75) is 51.1 Å². The molecule has 0 spiro atoms. The summed E-state index contributed by atoms with van der Waals surface area (Å²) in [7, 11) is 0. The average molecular weight is 288 g/mol. The Labute approximate surface area is 118 Å². The van der Waals surface area contributed by atoms with Gasteiger partial charge >= 0.3 is 0 Å². The zero-order valence-corrected chi connectivity index (χ0v) is 12.1. The zero-order valence-electron chi connectivity index (χ0n) is 10.6. The third kappa shape index (κ3) is 3.31. The molecule has 0 saturated heterocycles. The number of nitrogens with one attached hydrogen (secondary N) is 1. The number of benzene rings is 1. The number of aromatic hydroxyl groups is 1. The lowest BCUT2D eigenvalue weighted by Crippen LogP contribution is -2.43.